The molecule has 23 heavy (non-hydrogen) atoms. The second-order valence-corrected chi connectivity index (χ2v) is 9.48. The van der Waals surface area contributed by atoms with Crippen LogP contribution in [0.3, 0.4) is 0 Å². The standard InChI is InChI=1S/C14H20N2O5S2/c1-3-22(18,19)15-8-10-16(11-9-15)23(20,21)14-6-4-13(5-7-14)12(2)17/h4-7H,3,8-11H2,1-2H3. The van der Waals surface area contributed by atoms with Gasteiger partial charge in [-0.05, 0) is 26.0 Å². The van der Waals surface area contributed by atoms with Crippen LogP contribution in [-0.4, -0.2) is 63.2 Å². The van der Waals surface area contributed by atoms with Crippen LogP contribution in [0.4, 0.5) is 0 Å². The number of hydrogen-bond acceptors (Lipinski definition) is 5. The first kappa shape index (κ1) is 18.1. The summed E-state index contributed by atoms with van der Waals surface area (Å²) < 4.78 is 51.3. The van der Waals surface area contributed by atoms with Crippen molar-refractivity contribution in [2.24, 2.45) is 0 Å². The molecule has 0 radical (unpaired) electrons. The zero-order chi connectivity index (χ0) is 17.3. The predicted octanol–water partition coefficient (Wildman–Crippen LogP) is 0.545. The Labute approximate surface area is 137 Å². The van der Waals surface area contributed by atoms with Gasteiger partial charge in [0.05, 0.1) is 10.6 Å². The average molecular weight is 360 g/mol. The van der Waals surface area contributed by atoms with Gasteiger partial charge in [0.1, 0.15) is 0 Å². The highest BCUT2D eigenvalue weighted by Gasteiger charge is 2.32. The van der Waals surface area contributed by atoms with Gasteiger partial charge < -0.3 is 0 Å². The summed E-state index contributed by atoms with van der Waals surface area (Å²) in [6.45, 7) is 3.53. The number of ketones is 1. The van der Waals surface area contributed by atoms with E-state index in [4.69, 9.17) is 0 Å². The monoisotopic (exact) mass is 360 g/mol. The van der Waals surface area contributed by atoms with Gasteiger partial charge in [-0.3, -0.25) is 4.79 Å². The first-order valence-corrected chi connectivity index (χ1v) is 10.3. The van der Waals surface area contributed by atoms with Crippen LogP contribution in [0.1, 0.15) is 24.2 Å². The van der Waals surface area contributed by atoms with Crippen LogP contribution in [0.15, 0.2) is 29.2 Å². The smallest absolute Gasteiger partial charge is 0.243 e. The molecule has 1 aliphatic rings. The van der Waals surface area contributed by atoms with E-state index in [1.54, 1.807) is 6.92 Å². The van der Waals surface area contributed by atoms with Crippen molar-refractivity contribution in [3.8, 4) is 0 Å². The fourth-order valence-corrected chi connectivity index (χ4v) is 4.89. The number of benzene rings is 1. The van der Waals surface area contributed by atoms with Crippen molar-refractivity contribution in [3.05, 3.63) is 29.8 Å². The molecule has 1 fully saturated rings. The third-order valence-electron chi connectivity index (χ3n) is 3.85. The van der Waals surface area contributed by atoms with Crippen LogP contribution in [0.25, 0.3) is 0 Å². The molecular formula is C14H20N2O5S2. The number of carbonyl (C=O) groups is 1. The van der Waals surface area contributed by atoms with Crippen molar-refractivity contribution >= 4 is 25.8 Å². The first-order valence-electron chi connectivity index (χ1n) is 7.27. The lowest BCUT2D eigenvalue weighted by molar-refractivity contribution is 0.101. The topological polar surface area (TPSA) is 91.8 Å². The maximum atomic E-state index is 12.6. The fourth-order valence-electron chi connectivity index (χ4n) is 2.38. The molecule has 0 aliphatic carbocycles. The Bertz CT molecular complexity index is 777. The van der Waals surface area contributed by atoms with Gasteiger partial charge in [0, 0.05) is 31.7 Å². The summed E-state index contributed by atoms with van der Waals surface area (Å²) in [4.78, 5) is 11.4. The summed E-state index contributed by atoms with van der Waals surface area (Å²) in [7, 11) is -6.98. The summed E-state index contributed by atoms with van der Waals surface area (Å²) in [6, 6.07) is 5.77. The quantitative estimate of drug-likeness (QED) is 0.715. The minimum Gasteiger partial charge on any atom is -0.295 e. The minimum absolute atomic E-state index is 0.00621. The molecule has 0 bridgehead atoms. The SMILES string of the molecule is CCS(=O)(=O)N1CCN(S(=O)(=O)c2ccc(C(C)=O)cc2)CC1. The van der Waals surface area contributed by atoms with Gasteiger partial charge in [0.2, 0.25) is 20.0 Å². The number of rotatable bonds is 5. The molecule has 0 aromatic heterocycles. The van der Waals surface area contributed by atoms with Gasteiger partial charge in [-0.25, -0.2) is 16.8 Å². The molecule has 0 unspecified atom stereocenters. The summed E-state index contributed by atoms with van der Waals surface area (Å²) in [5, 5.41) is 0. The Morgan fingerprint density at radius 2 is 1.43 bits per heavy atom. The highest BCUT2D eigenvalue weighted by molar-refractivity contribution is 7.89. The summed E-state index contributed by atoms with van der Waals surface area (Å²) in [5.74, 6) is -0.126. The van der Waals surface area contributed by atoms with Gasteiger partial charge in [-0.1, -0.05) is 12.1 Å². The van der Waals surface area contributed by atoms with E-state index in [9.17, 15) is 21.6 Å². The maximum Gasteiger partial charge on any atom is 0.243 e. The Kier molecular flexibility index (Phi) is 5.24. The van der Waals surface area contributed by atoms with Crippen LogP contribution in [0, 0.1) is 0 Å². The second-order valence-electron chi connectivity index (χ2n) is 5.28. The first-order chi connectivity index (χ1) is 10.7. The van der Waals surface area contributed by atoms with Crippen LogP contribution in [-0.2, 0) is 20.0 Å². The number of nitrogens with zero attached hydrogens (tertiary/aromatic N) is 2. The molecule has 1 saturated heterocycles. The van der Waals surface area contributed by atoms with Gasteiger partial charge in [0.15, 0.2) is 5.78 Å². The maximum absolute atomic E-state index is 12.6. The van der Waals surface area contributed by atoms with Gasteiger partial charge >= 0.3 is 0 Å². The van der Waals surface area contributed by atoms with E-state index in [0.717, 1.165) is 0 Å². The van der Waals surface area contributed by atoms with Crippen molar-refractivity contribution < 1.29 is 21.6 Å². The van der Waals surface area contributed by atoms with Crippen molar-refractivity contribution in [1.82, 2.24) is 8.61 Å². The highest BCUT2D eigenvalue weighted by atomic mass is 32.2. The molecule has 0 N–H and O–H groups in total. The predicted molar refractivity (Wildman–Crippen MR) is 86.2 cm³/mol. The van der Waals surface area contributed by atoms with Crippen LogP contribution in [0.2, 0.25) is 0 Å². The Morgan fingerprint density at radius 3 is 1.87 bits per heavy atom. The molecule has 128 valence electrons. The number of carbonyl (C=O) groups excluding carboxylic acids is 1. The van der Waals surface area contributed by atoms with E-state index < -0.39 is 20.0 Å². The average Bonchev–Trinajstić information content (AvgIpc) is 2.55. The molecule has 2 rings (SSSR count). The number of Topliss-reactive ketones (excluding diaryl/α,β-unsaturated/α-hetero) is 1. The highest BCUT2D eigenvalue weighted by Crippen LogP contribution is 2.19. The molecule has 1 heterocycles. The molecule has 1 aromatic carbocycles. The van der Waals surface area contributed by atoms with E-state index in [-0.39, 0.29) is 42.6 Å². The van der Waals surface area contributed by atoms with Crippen molar-refractivity contribution in [2.75, 3.05) is 31.9 Å². The lowest BCUT2D eigenvalue weighted by Gasteiger charge is -2.33. The molecule has 7 nitrogen and oxygen atoms in total. The van der Waals surface area contributed by atoms with E-state index in [1.165, 1.54) is 39.8 Å². The van der Waals surface area contributed by atoms with Crippen molar-refractivity contribution in [1.29, 1.82) is 0 Å². The number of hydrogen-bond donors (Lipinski definition) is 0. The van der Waals surface area contributed by atoms with Crippen molar-refractivity contribution in [3.63, 3.8) is 0 Å². The molecular weight excluding hydrogens is 340 g/mol. The van der Waals surface area contributed by atoms with E-state index in [2.05, 4.69) is 0 Å². The van der Waals surface area contributed by atoms with E-state index in [0.29, 0.717) is 5.56 Å². The van der Waals surface area contributed by atoms with Gasteiger partial charge in [-0.15, -0.1) is 0 Å². The van der Waals surface area contributed by atoms with Crippen LogP contribution >= 0.6 is 0 Å². The number of sulfonamides is 2. The Balaban J connectivity index is 2.14. The molecule has 0 atom stereocenters. The second kappa shape index (κ2) is 6.68. The third-order valence-corrected chi connectivity index (χ3v) is 7.65. The van der Waals surface area contributed by atoms with E-state index >= 15 is 0 Å². The molecule has 1 aromatic rings. The largest absolute Gasteiger partial charge is 0.295 e. The lowest BCUT2D eigenvalue weighted by Crippen LogP contribution is -2.50. The molecule has 0 spiro atoms. The summed E-state index contributed by atoms with van der Waals surface area (Å²) in [5.41, 5.74) is 0.447. The van der Waals surface area contributed by atoms with Crippen molar-refractivity contribution in [2.45, 2.75) is 18.7 Å². The summed E-state index contributed by atoms with van der Waals surface area (Å²) in [6.07, 6.45) is 0. The molecule has 0 saturated carbocycles. The molecule has 0 amide bonds. The van der Waals surface area contributed by atoms with Gasteiger partial charge in [-0.2, -0.15) is 8.61 Å². The van der Waals surface area contributed by atoms with Gasteiger partial charge in [0.25, 0.3) is 0 Å². The Morgan fingerprint density at radius 1 is 0.957 bits per heavy atom. The number of piperazine rings is 1. The lowest BCUT2D eigenvalue weighted by atomic mass is 10.2. The summed E-state index contributed by atoms with van der Waals surface area (Å²) >= 11 is 0. The Hall–Kier alpha value is -1.29. The van der Waals surface area contributed by atoms with Crippen LogP contribution in [0.5, 0.6) is 0 Å². The normalized spacial score (nSPS) is 18.0. The van der Waals surface area contributed by atoms with Crippen LogP contribution < -0.4 is 0 Å². The zero-order valence-electron chi connectivity index (χ0n) is 13.1. The van der Waals surface area contributed by atoms with E-state index in [1.807, 2.05) is 0 Å². The third kappa shape index (κ3) is 3.79. The fraction of sp³-hybridized carbons (Fsp3) is 0.500. The molecule has 9 heteroatoms. The molecule has 1 aliphatic heterocycles. The zero-order valence-corrected chi connectivity index (χ0v) is 14.7. The minimum atomic E-state index is -3.68.